The number of aliphatic hydroxyl groups excluding tert-OH is 1. The van der Waals surface area contributed by atoms with Crippen LogP contribution in [0.4, 0.5) is 0 Å². The molecule has 0 aliphatic heterocycles. The number of aliphatic carboxylic acids is 2. The Kier molecular flexibility index (Phi) is 8.17. The van der Waals surface area contributed by atoms with Crippen molar-refractivity contribution in [2.45, 2.75) is 31.0 Å². The number of nitrogens with two attached hydrogens (primary N) is 1. The molecule has 0 radical (unpaired) electrons. The van der Waals surface area contributed by atoms with Crippen LogP contribution in [0.5, 0.6) is 5.75 Å². The Hall–Kier alpha value is -3.18. The average Bonchev–Trinajstić information content (AvgIpc) is 2.60. The third-order valence-electron chi connectivity index (χ3n) is 3.54. The van der Waals surface area contributed by atoms with Crippen molar-refractivity contribution in [3.63, 3.8) is 0 Å². The molecule has 0 fully saturated rings. The molecule has 11 nitrogen and oxygen atoms in total. The molecule has 0 aliphatic rings. The Labute approximate surface area is 153 Å². The summed E-state index contributed by atoms with van der Waals surface area (Å²) in [5, 5.41) is 40.2. The van der Waals surface area contributed by atoms with Crippen molar-refractivity contribution in [2.24, 2.45) is 5.73 Å². The molecule has 0 bridgehead atoms. The van der Waals surface area contributed by atoms with Crippen molar-refractivity contribution in [1.29, 1.82) is 0 Å². The molecule has 8 N–H and O–H groups in total. The lowest BCUT2D eigenvalue weighted by Gasteiger charge is -2.21. The number of carboxylic acid groups (broad SMARTS) is 2. The third-order valence-corrected chi connectivity index (χ3v) is 3.54. The van der Waals surface area contributed by atoms with E-state index < -0.39 is 54.9 Å². The lowest BCUT2D eigenvalue weighted by Crippen LogP contribution is -2.56. The first-order valence-electron chi connectivity index (χ1n) is 7.83. The second kappa shape index (κ2) is 10.1. The van der Waals surface area contributed by atoms with Crippen molar-refractivity contribution in [1.82, 2.24) is 10.6 Å². The van der Waals surface area contributed by atoms with Crippen LogP contribution in [0, 0.1) is 0 Å². The lowest BCUT2D eigenvalue weighted by atomic mass is 10.1. The molecule has 0 aromatic heterocycles. The highest BCUT2D eigenvalue weighted by Crippen LogP contribution is 2.11. The third kappa shape index (κ3) is 7.30. The molecule has 0 saturated carbocycles. The van der Waals surface area contributed by atoms with Crippen LogP contribution in [0.25, 0.3) is 0 Å². The number of rotatable bonds is 10. The van der Waals surface area contributed by atoms with Gasteiger partial charge in [-0.05, 0) is 24.1 Å². The zero-order valence-corrected chi connectivity index (χ0v) is 14.2. The Morgan fingerprint density at radius 1 is 0.963 bits per heavy atom. The van der Waals surface area contributed by atoms with Gasteiger partial charge >= 0.3 is 11.9 Å². The molecular formula is C16H21N3O8. The summed E-state index contributed by atoms with van der Waals surface area (Å²) < 4.78 is 0. The van der Waals surface area contributed by atoms with Gasteiger partial charge in [-0.15, -0.1) is 0 Å². The minimum Gasteiger partial charge on any atom is -0.508 e. The van der Waals surface area contributed by atoms with Gasteiger partial charge in [0, 0.05) is 0 Å². The number of hydrogen-bond acceptors (Lipinski definition) is 7. The van der Waals surface area contributed by atoms with Crippen LogP contribution in [-0.4, -0.2) is 68.9 Å². The zero-order valence-electron chi connectivity index (χ0n) is 14.2. The number of aliphatic hydroxyl groups is 1. The van der Waals surface area contributed by atoms with Gasteiger partial charge in [-0.2, -0.15) is 0 Å². The molecule has 27 heavy (non-hydrogen) atoms. The van der Waals surface area contributed by atoms with Gasteiger partial charge in [0.1, 0.15) is 17.8 Å². The fourth-order valence-electron chi connectivity index (χ4n) is 2.10. The molecular weight excluding hydrogens is 362 g/mol. The largest absolute Gasteiger partial charge is 0.508 e. The van der Waals surface area contributed by atoms with Gasteiger partial charge in [-0.1, -0.05) is 12.1 Å². The van der Waals surface area contributed by atoms with Crippen LogP contribution in [0.3, 0.4) is 0 Å². The number of carboxylic acids is 2. The molecule has 11 heteroatoms. The Bertz CT molecular complexity index is 691. The van der Waals surface area contributed by atoms with E-state index in [2.05, 4.69) is 5.32 Å². The summed E-state index contributed by atoms with van der Waals surface area (Å²) in [4.78, 5) is 45.7. The Morgan fingerprint density at radius 2 is 1.52 bits per heavy atom. The Balaban J connectivity index is 2.67. The predicted molar refractivity (Wildman–Crippen MR) is 90.6 cm³/mol. The van der Waals surface area contributed by atoms with Gasteiger partial charge in [0.25, 0.3) is 0 Å². The summed E-state index contributed by atoms with van der Waals surface area (Å²) in [6.45, 7) is -0.844. The molecule has 0 spiro atoms. The molecule has 2 amide bonds. The van der Waals surface area contributed by atoms with Crippen LogP contribution >= 0.6 is 0 Å². The number of phenols is 1. The van der Waals surface area contributed by atoms with Gasteiger partial charge in [0.2, 0.25) is 11.8 Å². The summed E-state index contributed by atoms with van der Waals surface area (Å²) in [5.74, 6) is -4.80. The van der Waals surface area contributed by atoms with Gasteiger partial charge < -0.3 is 36.8 Å². The maximum atomic E-state index is 12.1. The normalized spacial score (nSPS) is 13.9. The van der Waals surface area contributed by atoms with Crippen LogP contribution in [0.2, 0.25) is 0 Å². The highest BCUT2D eigenvalue weighted by molar-refractivity contribution is 5.92. The quantitative estimate of drug-likeness (QED) is 0.234. The smallest absolute Gasteiger partial charge is 0.326 e. The van der Waals surface area contributed by atoms with Crippen molar-refractivity contribution >= 4 is 23.8 Å². The minimum absolute atomic E-state index is 0.0446. The van der Waals surface area contributed by atoms with E-state index in [1.165, 1.54) is 12.1 Å². The van der Waals surface area contributed by atoms with Gasteiger partial charge in [0.15, 0.2) is 0 Å². The molecule has 0 heterocycles. The molecule has 3 unspecified atom stereocenters. The predicted octanol–water partition coefficient (Wildman–Crippen LogP) is -2.22. The molecule has 148 valence electrons. The maximum Gasteiger partial charge on any atom is 0.326 e. The number of nitrogens with one attached hydrogen (secondary N) is 2. The molecule has 1 aromatic carbocycles. The second-order valence-corrected chi connectivity index (χ2v) is 5.72. The molecule has 3 atom stereocenters. The summed E-state index contributed by atoms with van der Waals surface area (Å²) in [6, 6.07) is 1.65. The molecule has 0 saturated heterocycles. The average molecular weight is 383 g/mol. The number of hydrogen-bond donors (Lipinski definition) is 7. The fraction of sp³-hybridized carbons (Fsp3) is 0.375. The summed E-state index contributed by atoms with van der Waals surface area (Å²) in [5.41, 5.74) is 6.39. The number of amides is 2. The monoisotopic (exact) mass is 383 g/mol. The first-order valence-corrected chi connectivity index (χ1v) is 7.83. The summed E-state index contributed by atoms with van der Waals surface area (Å²) in [6.07, 6.45) is -0.782. The van der Waals surface area contributed by atoms with Gasteiger partial charge in [-0.3, -0.25) is 14.4 Å². The van der Waals surface area contributed by atoms with Gasteiger partial charge in [-0.25, -0.2) is 4.79 Å². The first-order chi connectivity index (χ1) is 12.6. The number of carbonyl (C=O) groups excluding carboxylic acids is 2. The first kappa shape index (κ1) is 21.9. The number of carbonyl (C=O) groups is 4. The van der Waals surface area contributed by atoms with E-state index >= 15 is 0 Å². The Morgan fingerprint density at radius 3 is 2.00 bits per heavy atom. The van der Waals surface area contributed by atoms with Crippen molar-refractivity contribution in [2.75, 3.05) is 6.61 Å². The standard InChI is InChI=1S/C16H21N3O8/c17-10(5-8-1-3-9(21)4-2-8)14(24)19-12(7-20)15(25)18-11(16(26)27)6-13(22)23/h1-4,10-12,20-21H,5-7,17H2,(H,18,25)(H,19,24)(H,22,23)(H,26,27). The van der Waals surface area contributed by atoms with E-state index in [0.717, 1.165) is 0 Å². The summed E-state index contributed by atoms with van der Waals surface area (Å²) in [7, 11) is 0. The molecule has 1 rings (SSSR count). The van der Waals surface area contributed by atoms with Crippen LogP contribution in [0.1, 0.15) is 12.0 Å². The topological polar surface area (TPSA) is 199 Å². The lowest BCUT2D eigenvalue weighted by molar-refractivity contribution is -0.147. The van der Waals surface area contributed by atoms with E-state index in [1.54, 1.807) is 12.1 Å². The molecule has 1 aromatic rings. The van der Waals surface area contributed by atoms with Crippen molar-refractivity contribution < 1.29 is 39.6 Å². The van der Waals surface area contributed by atoms with Crippen LogP contribution in [-0.2, 0) is 25.6 Å². The maximum absolute atomic E-state index is 12.1. The highest BCUT2D eigenvalue weighted by atomic mass is 16.4. The zero-order chi connectivity index (χ0) is 20.6. The van der Waals surface area contributed by atoms with Crippen molar-refractivity contribution in [3.05, 3.63) is 29.8 Å². The van der Waals surface area contributed by atoms with Crippen molar-refractivity contribution in [3.8, 4) is 5.75 Å². The van der Waals surface area contributed by atoms with E-state index in [0.29, 0.717) is 5.56 Å². The highest BCUT2D eigenvalue weighted by Gasteiger charge is 2.28. The van der Waals surface area contributed by atoms with E-state index in [4.69, 9.17) is 15.9 Å². The van der Waals surface area contributed by atoms with E-state index in [9.17, 15) is 29.4 Å². The van der Waals surface area contributed by atoms with Crippen LogP contribution in [0.15, 0.2) is 24.3 Å². The van der Waals surface area contributed by atoms with Gasteiger partial charge in [0.05, 0.1) is 19.1 Å². The van der Waals surface area contributed by atoms with Crippen LogP contribution < -0.4 is 16.4 Å². The fourth-order valence-corrected chi connectivity index (χ4v) is 2.10. The minimum atomic E-state index is -1.72. The van der Waals surface area contributed by atoms with E-state index in [1.807, 2.05) is 5.32 Å². The summed E-state index contributed by atoms with van der Waals surface area (Å²) >= 11 is 0. The second-order valence-electron chi connectivity index (χ2n) is 5.72. The number of benzene rings is 1. The number of phenolic OH excluding ortho intramolecular Hbond substituents is 1. The van der Waals surface area contributed by atoms with E-state index in [-0.39, 0.29) is 12.2 Å². The molecule has 0 aliphatic carbocycles. The SMILES string of the molecule is NC(Cc1ccc(O)cc1)C(=O)NC(CO)C(=O)NC(CC(=O)O)C(=O)O. The number of aromatic hydroxyl groups is 1.